The number of thiophene rings is 1. The monoisotopic (exact) mass is 267 g/mol. The highest BCUT2D eigenvalue weighted by Crippen LogP contribution is 2.32. The van der Waals surface area contributed by atoms with Crippen LogP contribution in [0.15, 0.2) is 16.8 Å². The van der Waals surface area contributed by atoms with E-state index in [2.05, 4.69) is 4.98 Å². The van der Waals surface area contributed by atoms with E-state index in [1.54, 1.807) is 11.3 Å². The van der Waals surface area contributed by atoms with Gasteiger partial charge in [0.1, 0.15) is 10.9 Å². The maximum absolute atomic E-state index is 11.1. The molecule has 2 rings (SSSR count). The molecule has 2 heterocycles. The first-order valence-corrected chi connectivity index (χ1v) is 7.12. The zero-order valence-electron chi connectivity index (χ0n) is 9.64. The molecule has 0 aliphatic carbocycles. The second kappa shape index (κ2) is 4.98. The summed E-state index contributed by atoms with van der Waals surface area (Å²) in [5, 5.41) is 13.8. The standard InChI is InChI=1S/C12H13NO2S2/c1-3-8(12(14)15)11-13-9(6-17-11)10-7(2)4-5-16-10/h4-6,8H,3H2,1-2H3,(H,14,15). The molecule has 0 aliphatic heterocycles. The number of aliphatic carboxylic acids is 1. The molecule has 2 aromatic heterocycles. The van der Waals surface area contributed by atoms with Crippen molar-refractivity contribution in [1.82, 2.24) is 4.98 Å². The van der Waals surface area contributed by atoms with Gasteiger partial charge in [-0.2, -0.15) is 0 Å². The Kier molecular flexibility index (Phi) is 3.59. The summed E-state index contributed by atoms with van der Waals surface area (Å²) < 4.78 is 0. The normalized spacial score (nSPS) is 12.6. The van der Waals surface area contributed by atoms with Gasteiger partial charge in [-0.25, -0.2) is 4.98 Å². The Morgan fingerprint density at radius 2 is 2.29 bits per heavy atom. The molecule has 17 heavy (non-hydrogen) atoms. The Morgan fingerprint density at radius 1 is 1.53 bits per heavy atom. The number of carbonyl (C=O) groups is 1. The van der Waals surface area contributed by atoms with Crippen LogP contribution in [0, 0.1) is 6.92 Å². The van der Waals surface area contributed by atoms with Crippen LogP contribution in [-0.2, 0) is 4.79 Å². The van der Waals surface area contributed by atoms with E-state index in [0.717, 1.165) is 10.6 Å². The number of hydrogen-bond donors (Lipinski definition) is 1. The molecule has 0 bridgehead atoms. The van der Waals surface area contributed by atoms with Crippen LogP contribution in [0.25, 0.3) is 10.6 Å². The maximum atomic E-state index is 11.1. The summed E-state index contributed by atoms with van der Waals surface area (Å²) in [6.07, 6.45) is 0.575. The van der Waals surface area contributed by atoms with Gasteiger partial charge in [-0.1, -0.05) is 6.92 Å². The second-order valence-corrected chi connectivity index (χ2v) is 5.61. The Morgan fingerprint density at radius 3 is 2.82 bits per heavy atom. The number of rotatable bonds is 4. The van der Waals surface area contributed by atoms with Crippen LogP contribution >= 0.6 is 22.7 Å². The minimum atomic E-state index is -0.795. The molecule has 2 aromatic rings. The lowest BCUT2D eigenvalue weighted by Crippen LogP contribution is -2.09. The number of nitrogens with zero attached hydrogens (tertiary/aromatic N) is 1. The van der Waals surface area contributed by atoms with Crippen molar-refractivity contribution in [2.45, 2.75) is 26.2 Å². The average Bonchev–Trinajstić information content (AvgIpc) is 2.87. The molecule has 0 spiro atoms. The Hall–Kier alpha value is -1.20. The number of thiazole rings is 1. The molecule has 0 amide bonds. The molecule has 90 valence electrons. The van der Waals surface area contributed by atoms with Gasteiger partial charge in [0.2, 0.25) is 0 Å². The molecule has 1 N–H and O–H groups in total. The Balaban J connectivity index is 2.33. The number of carboxylic acids is 1. The first kappa shape index (κ1) is 12.3. The van der Waals surface area contributed by atoms with Crippen LogP contribution in [0.4, 0.5) is 0 Å². The van der Waals surface area contributed by atoms with Crippen LogP contribution in [0.3, 0.4) is 0 Å². The van der Waals surface area contributed by atoms with Gasteiger partial charge in [0, 0.05) is 5.38 Å². The zero-order valence-corrected chi connectivity index (χ0v) is 11.3. The van der Waals surface area contributed by atoms with Gasteiger partial charge in [0.25, 0.3) is 0 Å². The highest BCUT2D eigenvalue weighted by atomic mass is 32.1. The summed E-state index contributed by atoms with van der Waals surface area (Å²) in [5.41, 5.74) is 2.09. The van der Waals surface area contributed by atoms with Crippen molar-refractivity contribution in [2.24, 2.45) is 0 Å². The van der Waals surface area contributed by atoms with Crippen molar-refractivity contribution < 1.29 is 9.90 Å². The fourth-order valence-electron chi connectivity index (χ4n) is 1.64. The van der Waals surface area contributed by atoms with E-state index in [4.69, 9.17) is 5.11 Å². The highest BCUT2D eigenvalue weighted by Gasteiger charge is 2.21. The van der Waals surface area contributed by atoms with E-state index in [0.29, 0.717) is 11.4 Å². The van der Waals surface area contributed by atoms with Gasteiger partial charge in [0.05, 0.1) is 10.6 Å². The number of hydrogen-bond acceptors (Lipinski definition) is 4. The summed E-state index contributed by atoms with van der Waals surface area (Å²) in [7, 11) is 0. The highest BCUT2D eigenvalue weighted by molar-refractivity contribution is 7.14. The molecule has 3 nitrogen and oxygen atoms in total. The third-order valence-electron chi connectivity index (χ3n) is 2.62. The topological polar surface area (TPSA) is 50.2 Å². The molecule has 0 aromatic carbocycles. The molecule has 1 unspecified atom stereocenters. The summed E-state index contributed by atoms with van der Waals surface area (Å²) in [4.78, 5) is 16.6. The number of aryl methyl sites for hydroxylation is 1. The van der Waals surface area contributed by atoms with E-state index in [-0.39, 0.29) is 0 Å². The lowest BCUT2D eigenvalue weighted by atomic mass is 10.1. The van der Waals surface area contributed by atoms with Crippen molar-refractivity contribution in [3.63, 3.8) is 0 Å². The number of carboxylic acid groups (broad SMARTS) is 1. The van der Waals surface area contributed by atoms with Crippen molar-refractivity contribution in [3.8, 4) is 10.6 Å². The lowest BCUT2D eigenvalue weighted by molar-refractivity contribution is -0.138. The largest absolute Gasteiger partial charge is 0.481 e. The SMILES string of the molecule is CCC(C(=O)O)c1nc(-c2sccc2C)cs1. The third-order valence-corrected chi connectivity index (χ3v) is 4.62. The molecular weight excluding hydrogens is 254 g/mol. The number of aromatic nitrogens is 1. The minimum Gasteiger partial charge on any atom is -0.481 e. The van der Waals surface area contributed by atoms with Crippen LogP contribution in [-0.4, -0.2) is 16.1 Å². The quantitative estimate of drug-likeness (QED) is 0.917. The zero-order chi connectivity index (χ0) is 12.4. The van der Waals surface area contributed by atoms with Crippen LogP contribution in [0.1, 0.15) is 29.8 Å². The molecule has 0 radical (unpaired) electrons. The van der Waals surface area contributed by atoms with Crippen LogP contribution < -0.4 is 0 Å². The van der Waals surface area contributed by atoms with E-state index in [1.807, 2.05) is 30.7 Å². The van der Waals surface area contributed by atoms with Crippen LogP contribution in [0.5, 0.6) is 0 Å². The first-order valence-electron chi connectivity index (χ1n) is 5.36. The molecule has 5 heteroatoms. The van der Waals surface area contributed by atoms with E-state index in [9.17, 15) is 4.79 Å². The van der Waals surface area contributed by atoms with E-state index in [1.165, 1.54) is 16.9 Å². The van der Waals surface area contributed by atoms with Crippen molar-refractivity contribution in [1.29, 1.82) is 0 Å². The molecule has 1 atom stereocenters. The summed E-state index contributed by atoms with van der Waals surface area (Å²) in [5.74, 6) is -1.27. The summed E-state index contributed by atoms with van der Waals surface area (Å²) in [6.45, 7) is 3.91. The Labute approximate surface area is 108 Å². The fourth-order valence-corrected chi connectivity index (χ4v) is 3.59. The van der Waals surface area contributed by atoms with Crippen molar-refractivity contribution >= 4 is 28.6 Å². The van der Waals surface area contributed by atoms with Gasteiger partial charge in [-0.3, -0.25) is 4.79 Å². The predicted octanol–water partition coefficient (Wildman–Crippen LogP) is 3.76. The third kappa shape index (κ3) is 2.40. The summed E-state index contributed by atoms with van der Waals surface area (Å²) in [6, 6.07) is 2.05. The van der Waals surface area contributed by atoms with Gasteiger partial charge in [-0.05, 0) is 30.4 Å². The van der Waals surface area contributed by atoms with Gasteiger partial charge < -0.3 is 5.11 Å². The lowest BCUT2D eigenvalue weighted by Gasteiger charge is -2.04. The average molecular weight is 267 g/mol. The first-order chi connectivity index (χ1) is 8.13. The van der Waals surface area contributed by atoms with Gasteiger partial charge in [0.15, 0.2) is 0 Å². The van der Waals surface area contributed by atoms with Crippen molar-refractivity contribution in [3.05, 3.63) is 27.4 Å². The Bertz CT molecular complexity index is 530. The summed E-state index contributed by atoms with van der Waals surface area (Å²) >= 11 is 3.07. The maximum Gasteiger partial charge on any atom is 0.313 e. The molecule has 0 aliphatic rings. The smallest absolute Gasteiger partial charge is 0.313 e. The minimum absolute atomic E-state index is 0.478. The van der Waals surface area contributed by atoms with E-state index < -0.39 is 11.9 Å². The second-order valence-electron chi connectivity index (χ2n) is 3.80. The van der Waals surface area contributed by atoms with Gasteiger partial charge >= 0.3 is 5.97 Å². The predicted molar refractivity (Wildman–Crippen MR) is 70.8 cm³/mol. The molecule has 0 fully saturated rings. The molecular formula is C12H13NO2S2. The molecule has 0 saturated carbocycles. The van der Waals surface area contributed by atoms with Gasteiger partial charge in [-0.15, -0.1) is 22.7 Å². The van der Waals surface area contributed by atoms with Crippen LogP contribution in [0.2, 0.25) is 0 Å². The molecule has 0 saturated heterocycles. The van der Waals surface area contributed by atoms with Crippen molar-refractivity contribution in [2.75, 3.05) is 0 Å². The van der Waals surface area contributed by atoms with E-state index >= 15 is 0 Å². The fraction of sp³-hybridized carbons (Fsp3) is 0.333.